The van der Waals surface area contributed by atoms with Gasteiger partial charge in [0.25, 0.3) is 0 Å². The van der Waals surface area contributed by atoms with E-state index in [1.807, 2.05) is 31.2 Å². The van der Waals surface area contributed by atoms with Crippen LogP contribution in [0.3, 0.4) is 0 Å². The molecule has 1 aromatic heterocycles. The molecule has 0 saturated carbocycles. The maximum absolute atomic E-state index is 5.88. The lowest BCUT2D eigenvalue weighted by molar-refractivity contribution is 0.818. The van der Waals surface area contributed by atoms with Gasteiger partial charge in [0.15, 0.2) is 0 Å². The standard InChI is InChI=1S/C15H19ClN4S/c1-9(2)14-10(3)18-13(19-15(14)20-17)8-21-12-6-4-11(16)5-7-12/h4-7,9H,8,17H2,1-3H3,(H,18,19,20). The average Bonchev–Trinajstić information content (AvgIpc) is 2.45. The molecule has 0 bridgehead atoms. The Balaban J connectivity index is 2.17. The Bertz CT molecular complexity index is 614. The van der Waals surface area contributed by atoms with Crippen molar-refractivity contribution in [2.75, 3.05) is 5.43 Å². The molecule has 0 radical (unpaired) electrons. The summed E-state index contributed by atoms with van der Waals surface area (Å²) in [7, 11) is 0. The second-order valence-electron chi connectivity index (χ2n) is 5.03. The second-order valence-corrected chi connectivity index (χ2v) is 6.51. The molecule has 0 saturated heterocycles. The van der Waals surface area contributed by atoms with Crippen molar-refractivity contribution in [1.82, 2.24) is 9.97 Å². The fourth-order valence-corrected chi connectivity index (χ4v) is 3.06. The second kappa shape index (κ2) is 7.11. The van der Waals surface area contributed by atoms with Crippen molar-refractivity contribution in [2.24, 2.45) is 5.84 Å². The Morgan fingerprint density at radius 3 is 2.48 bits per heavy atom. The topological polar surface area (TPSA) is 63.8 Å². The number of benzene rings is 1. The van der Waals surface area contributed by atoms with E-state index in [-0.39, 0.29) is 0 Å². The molecule has 2 rings (SSSR count). The number of nitrogens with two attached hydrogens (primary N) is 1. The number of aromatic nitrogens is 2. The summed E-state index contributed by atoms with van der Waals surface area (Å²) >= 11 is 7.55. The van der Waals surface area contributed by atoms with Gasteiger partial charge in [0, 0.05) is 21.2 Å². The number of rotatable bonds is 5. The van der Waals surface area contributed by atoms with E-state index in [2.05, 4.69) is 29.2 Å². The van der Waals surface area contributed by atoms with E-state index in [9.17, 15) is 0 Å². The van der Waals surface area contributed by atoms with Crippen molar-refractivity contribution in [3.63, 3.8) is 0 Å². The zero-order valence-corrected chi connectivity index (χ0v) is 13.9. The van der Waals surface area contributed by atoms with Gasteiger partial charge in [-0.2, -0.15) is 0 Å². The van der Waals surface area contributed by atoms with Crippen LogP contribution >= 0.6 is 23.4 Å². The minimum Gasteiger partial charge on any atom is -0.308 e. The number of halogens is 1. The zero-order chi connectivity index (χ0) is 15.4. The van der Waals surface area contributed by atoms with Crippen LogP contribution in [0.2, 0.25) is 5.02 Å². The highest BCUT2D eigenvalue weighted by atomic mass is 35.5. The van der Waals surface area contributed by atoms with Crippen molar-refractivity contribution >= 4 is 29.2 Å². The first-order valence-corrected chi connectivity index (χ1v) is 8.10. The highest BCUT2D eigenvalue weighted by Crippen LogP contribution is 2.27. The first kappa shape index (κ1) is 16.1. The monoisotopic (exact) mass is 322 g/mol. The van der Waals surface area contributed by atoms with E-state index in [1.165, 1.54) is 0 Å². The summed E-state index contributed by atoms with van der Waals surface area (Å²) in [5.74, 6) is 8.09. The highest BCUT2D eigenvalue weighted by Gasteiger charge is 2.14. The van der Waals surface area contributed by atoms with Gasteiger partial charge >= 0.3 is 0 Å². The molecule has 112 valence electrons. The van der Waals surface area contributed by atoms with Gasteiger partial charge in [0.2, 0.25) is 0 Å². The molecule has 21 heavy (non-hydrogen) atoms. The first-order chi connectivity index (χ1) is 10.0. The molecule has 6 heteroatoms. The SMILES string of the molecule is Cc1nc(CSc2ccc(Cl)cc2)nc(NN)c1C(C)C. The number of nitrogens with one attached hydrogen (secondary N) is 1. The van der Waals surface area contributed by atoms with E-state index < -0.39 is 0 Å². The van der Waals surface area contributed by atoms with Crippen LogP contribution in [0.5, 0.6) is 0 Å². The van der Waals surface area contributed by atoms with E-state index >= 15 is 0 Å². The molecular weight excluding hydrogens is 304 g/mol. The smallest absolute Gasteiger partial charge is 0.147 e. The maximum Gasteiger partial charge on any atom is 0.147 e. The molecule has 0 atom stereocenters. The van der Waals surface area contributed by atoms with Crippen LogP contribution in [0, 0.1) is 6.92 Å². The molecule has 0 amide bonds. The van der Waals surface area contributed by atoms with Crippen LogP contribution in [0.1, 0.15) is 36.8 Å². The van der Waals surface area contributed by atoms with Gasteiger partial charge in [-0.3, -0.25) is 0 Å². The fraction of sp³-hybridized carbons (Fsp3) is 0.333. The molecular formula is C15H19ClN4S. The van der Waals surface area contributed by atoms with E-state index in [0.717, 1.165) is 27.0 Å². The van der Waals surface area contributed by atoms with Crippen molar-refractivity contribution < 1.29 is 0 Å². The van der Waals surface area contributed by atoms with Crippen LogP contribution in [-0.4, -0.2) is 9.97 Å². The number of hydrogen-bond acceptors (Lipinski definition) is 5. The lowest BCUT2D eigenvalue weighted by atomic mass is 10.0. The summed E-state index contributed by atoms with van der Waals surface area (Å²) < 4.78 is 0. The molecule has 0 unspecified atom stereocenters. The number of hydrogen-bond donors (Lipinski definition) is 2. The number of thioether (sulfide) groups is 1. The Morgan fingerprint density at radius 2 is 1.90 bits per heavy atom. The van der Waals surface area contributed by atoms with E-state index in [1.54, 1.807) is 11.8 Å². The summed E-state index contributed by atoms with van der Waals surface area (Å²) in [5, 5.41) is 0.738. The summed E-state index contributed by atoms with van der Waals surface area (Å²) in [6.07, 6.45) is 0. The molecule has 0 aliphatic heterocycles. The van der Waals surface area contributed by atoms with Crippen molar-refractivity contribution in [3.05, 3.63) is 46.4 Å². The molecule has 1 heterocycles. The molecule has 2 aromatic rings. The Labute approximate surface area is 134 Å². The summed E-state index contributed by atoms with van der Waals surface area (Å²) in [6, 6.07) is 7.74. The molecule has 1 aromatic carbocycles. The van der Waals surface area contributed by atoms with Gasteiger partial charge in [-0.05, 0) is 37.1 Å². The molecule has 0 fully saturated rings. The number of aryl methyl sites for hydroxylation is 1. The van der Waals surface area contributed by atoms with Crippen LogP contribution in [0.15, 0.2) is 29.2 Å². The van der Waals surface area contributed by atoms with Crippen molar-refractivity contribution in [2.45, 2.75) is 37.3 Å². The number of nitrogen functional groups attached to an aromatic ring is 1. The first-order valence-electron chi connectivity index (χ1n) is 6.73. The fourth-order valence-electron chi connectivity index (χ4n) is 2.18. The van der Waals surface area contributed by atoms with Crippen LogP contribution in [-0.2, 0) is 5.75 Å². The molecule has 3 N–H and O–H groups in total. The van der Waals surface area contributed by atoms with Gasteiger partial charge in [0.05, 0.1) is 5.75 Å². The summed E-state index contributed by atoms with van der Waals surface area (Å²) in [6.45, 7) is 6.21. The van der Waals surface area contributed by atoms with Gasteiger partial charge in [-0.25, -0.2) is 15.8 Å². The molecule has 0 aliphatic carbocycles. The Kier molecular flexibility index (Phi) is 5.45. The number of hydrazine groups is 1. The minimum absolute atomic E-state index is 0.328. The Hall–Kier alpha value is -1.30. The highest BCUT2D eigenvalue weighted by molar-refractivity contribution is 7.98. The third-order valence-electron chi connectivity index (χ3n) is 3.08. The van der Waals surface area contributed by atoms with Crippen molar-refractivity contribution in [1.29, 1.82) is 0 Å². The Morgan fingerprint density at radius 1 is 1.24 bits per heavy atom. The zero-order valence-electron chi connectivity index (χ0n) is 12.4. The largest absolute Gasteiger partial charge is 0.308 e. The molecule has 0 spiro atoms. The van der Waals surface area contributed by atoms with Crippen LogP contribution in [0.4, 0.5) is 5.82 Å². The number of anilines is 1. The van der Waals surface area contributed by atoms with Gasteiger partial charge < -0.3 is 5.43 Å². The third-order valence-corrected chi connectivity index (χ3v) is 4.34. The predicted molar refractivity (Wildman–Crippen MR) is 89.7 cm³/mol. The predicted octanol–water partition coefficient (Wildman–Crippen LogP) is 4.14. The quantitative estimate of drug-likeness (QED) is 0.492. The summed E-state index contributed by atoms with van der Waals surface area (Å²) in [5.41, 5.74) is 4.73. The number of nitrogens with zero attached hydrogens (tertiary/aromatic N) is 2. The average molecular weight is 323 g/mol. The normalized spacial score (nSPS) is 11.0. The van der Waals surface area contributed by atoms with Gasteiger partial charge in [0.1, 0.15) is 11.6 Å². The van der Waals surface area contributed by atoms with Gasteiger partial charge in [-0.15, -0.1) is 11.8 Å². The van der Waals surface area contributed by atoms with E-state index in [0.29, 0.717) is 17.5 Å². The van der Waals surface area contributed by atoms with Crippen LogP contribution < -0.4 is 11.3 Å². The van der Waals surface area contributed by atoms with E-state index in [4.69, 9.17) is 17.4 Å². The maximum atomic E-state index is 5.88. The summed E-state index contributed by atoms with van der Waals surface area (Å²) in [4.78, 5) is 10.2. The van der Waals surface area contributed by atoms with Gasteiger partial charge in [-0.1, -0.05) is 25.4 Å². The lowest BCUT2D eigenvalue weighted by Crippen LogP contribution is -2.15. The van der Waals surface area contributed by atoms with Crippen LogP contribution in [0.25, 0.3) is 0 Å². The lowest BCUT2D eigenvalue weighted by Gasteiger charge is -2.15. The molecule has 4 nitrogen and oxygen atoms in total. The van der Waals surface area contributed by atoms with Crippen molar-refractivity contribution in [3.8, 4) is 0 Å². The third kappa shape index (κ3) is 4.09. The minimum atomic E-state index is 0.328. The molecule has 0 aliphatic rings.